The first-order valence-corrected chi connectivity index (χ1v) is 4.81. The van der Waals surface area contributed by atoms with Crippen LogP contribution in [0.4, 0.5) is 0 Å². The Bertz CT molecular complexity index is 458. The van der Waals surface area contributed by atoms with Gasteiger partial charge in [-0.15, -0.1) is 0 Å². The molecule has 2 aromatic rings. The smallest absolute Gasteiger partial charge is 0.226 e. The summed E-state index contributed by atoms with van der Waals surface area (Å²) in [5, 5.41) is 2.36. The zero-order chi connectivity index (χ0) is 10.5. The van der Waals surface area contributed by atoms with E-state index in [0.29, 0.717) is 6.61 Å². The molecule has 0 aliphatic heterocycles. The van der Waals surface area contributed by atoms with Gasteiger partial charge in [-0.2, -0.15) is 0 Å². The maximum atomic E-state index is 10.0. The molecule has 2 aromatic carbocycles. The summed E-state index contributed by atoms with van der Waals surface area (Å²) in [6.07, 6.45) is 1.71. The number of hydrogen-bond acceptors (Lipinski definition) is 2. The SMILES string of the molecule is O=[C]COCc1cccc2ccccc12. The molecule has 0 saturated heterocycles. The van der Waals surface area contributed by atoms with Crippen molar-refractivity contribution in [3.63, 3.8) is 0 Å². The van der Waals surface area contributed by atoms with Crippen LogP contribution in [0.15, 0.2) is 42.5 Å². The normalized spacial score (nSPS) is 10.4. The van der Waals surface area contributed by atoms with Gasteiger partial charge in [0.15, 0.2) is 0 Å². The molecule has 0 saturated carbocycles. The predicted molar refractivity (Wildman–Crippen MR) is 59.3 cm³/mol. The van der Waals surface area contributed by atoms with Gasteiger partial charge >= 0.3 is 0 Å². The van der Waals surface area contributed by atoms with E-state index in [-0.39, 0.29) is 6.61 Å². The molecular weight excluding hydrogens is 188 g/mol. The monoisotopic (exact) mass is 199 g/mol. The van der Waals surface area contributed by atoms with E-state index in [9.17, 15) is 4.79 Å². The summed E-state index contributed by atoms with van der Waals surface area (Å²) in [7, 11) is 0. The third-order valence-corrected chi connectivity index (χ3v) is 2.30. The van der Waals surface area contributed by atoms with Crippen molar-refractivity contribution in [3.8, 4) is 0 Å². The fourth-order valence-electron chi connectivity index (χ4n) is 1.62. The van der Waals surface area contributed by atoms with Crippen LogP contribution in [0, 0.1) is 0 Å². The fraction of sp³-hybridized carbons (Fsp3) is 0.154. The minimum atomic E-state index is 0.0310. The molecule has 2 nitrogen and oxygen atoms in total. The second-order valence-electron chi connectivity index (χ2n) is 3.28. The molecule has 0 atom stereocenters. The van der Waals surface area contributed by atoms with Crippen LogP contribution in [0.3, 0.4) is 0 Å². The number of benzene rings is 2. The average molecular weight is 199 g/mol. The van der Waals surface area contributed by atoms with Crippen LogP contribution in [0.5, 0.6) is 0 Å². The van der Waals surface area contributed by atoms with Gasteiger partial charge in [0, 0.05) is 0 Å². The Morgan fingerprint density at radius 1 is 1.07 bits per heavy atom. The summed E-state index contributed by atoms with van der Waals surface area (Å²) < 4.78 is 5.15. The lowest BCUT2D eigenvalue weighted by atomic mass is 10.1. The lowest BCUT2D eigenvalue weighted by Crippen LogP contribution is -1.96. The maximum Gasteiger partial charge on any atom is 0.226 e. The van der Waals surface area contributed by atoms with Gasteiger partial charge in [-0.05, 0) is 16.3 Å². The molecule has 0 bridgehead atoms. The van der Waals surface area contributed by atoms with Crippen LogP contribution in [0.25, 0.3) is 10.8 Å². The summed E-state index contributed by atoms with van der Waals surface area (Å²) in [4.78, 5) is 10.0. The van der Waals surface area contributed by atoms with E-state index in [4.69, 9.17) is 4.74 Å². The minimum absolute atomic E-state index is 0.0310. The Hall–Kier alpha value is -1.67. The minimum Gasteiger partial charge on any atom is -0.368 e. The standard InChI is InChI=1S/C13H11O2/c14-8-9-15-10-12-6-3-5-11-4-1-2-7-13(11)12/h1-7H,9-10H2. The lowest BCUT2D eigenvalue weighted by molar-refractivity contribution is 0.157. The van der Waals surface area contributed by atoms with Crippen molar-refractivity contribution in [1.82, 2.24) is 0 Å². The molecule has 2 rings (SSSR count). The van der Waals surface area contributed by atoms with Gasteiger partial charge in [-0.1, -0.05) is 42.5 Å². The topological polar surface area (TPSA) is 26.3 Å². The molecule has 0 aromatic heterocycles. The van der Waals surface area contributed by atoms with E-state index in [1.54, 1.807) is 6.29 Å². The van der Waals surface area contributed by atoms with E-state index in [1.807, 2.05) is 24.3 Å². The fourth-order valence-corrected chi connectivity index (χ4v) is 1.62. The molecular formula is C13H11O2. The molecule has 0 spiro atoms. The number of ether oxygens (including phenoxy) is 1. The highest BCUT2D eigenvalue weighted by Crippen LogP contribution is 2.18. The highest BCUT2D eigenvalue weighted by molar-refractivity contribution is 5.85. The second-order valence-corrected chi connectivity index (χ2v) is 3.28. The highest BCUT2D eigenvalue weighted by atomic mass is 16.5. The van der Waals surface area contributed by atoms with Crippen LogP contribution in [-0.2, 0) is 16.1 Å². The molecule has 0 amide bonds. The molecule has 1 radical (unpaired) electrons. The van der Waals surface area contributed by atoms with Crippen molar-refractivity contribution < 1.29 is 9.53 Å². The van der Waals surface area contributed by atoms with E-state index in [2.05, 4.69) is 18.2 Å². The summed E-state index contributed by atoms with van der Waals surface area (Å²) >= 11 is 0. The lowest BCUT2D eigenvalue weighted by Gasteiger charge is -2.05. The van der Waals surface area contributed by atoms with E-state index in [1.165, 1.54) is 10.8 Å². The van der Waals surface area contributed by atoms with Crippen LogP contribution in [0.2, 0.25) is 0 Å². The van der Waals surface area contributed by atoms with Crippen LogP contribution in [0.1, 0.15) is 5.56 Å². The van der Waals surface area contributed by atoms with Crippen LogP contribution in [-0.4, -0.2) is 12.9 Å². The van der Waals surface area contributed by atoms with Gasteiger partial charge in [0.1, 0.15) is 6.61 Å². The molecule has 0 heterocycles. The van der Waals surface area contributed by atoms with Gasteiger partial charge in [-0.25, -0.2) is 0 Å². The number of fused-ring (bicyclic) bond motifs is 1. The maximum absolute atomic E-state index is 10.0. The van der Waals surface area contributed by atoms with Crippen LogP contribution < -0.4 is 0 Å². The van der Waals surface area contributed by atoms with Gasteiger partial charge in [0.2, 0.25) is 6.29 Å². The molecule has 0 fully saturated rings. The molecule has 75 valence electrons. The summed E-state index contributed by atoms with van der Waals surface area (Å²) in [6, 6.07) is 14.2. The average Bonchev–Trinajstić information content (AvgIpc) is 2.30. The first-order valence-electron chi connectivity index (χ1n) is 4.81. The summed E-state index contributed by atoms with van der Waals surface area (Å²) in [5.74, 6) is 0. The van der Waals surface area contributed by atoms with Crippen LogP contribution >= 0.6 is 0 Å². The Balaban J connectivity index is 2.30. The molecule has 0 unspecified atom stereocenters. The molecule has 15 heavy (non-hydrogen) atoms. The number of rotatable bonds is 4. The molecule has 0 N–H and O–H groups in total. The largest absolute Gasteiger partial charge is 0.368 e. The highest BCUT2D eigenvalue weighted by Gasteiger charge is 1.99. The molecule has 2 heteroatoms. The van der Waals surface area contributed by atoms with E-state index < -0.39 is 0 Å². The van der Waals surface area contributed by atoms with Crippen molar-refractivity contribution in [3.05, 3.63) is 48.0 Å². The first kappa shape index (κ1) is 9.87. The molecule has 0 aliphatic carbocycles. The predicted octanol–water partition coefficient (Wildman–Crippen LogP) is 2.47. The summed E-state index contributed by atoms with van der Waals surface area (Å²) in [6.45, 7) is 0.486. The Morgan fingerprint density at radius 3 is 2.73 bits per heavy atom. The van der Waals surface area contributed by atoms with Gasteiger partial charge in [-0.3, -0.25) is 4.79 Å². The third kappa shape index (κ3) is 2.22. The third-order valence-electron chi connectivity index (χ3n) is 2.30. The molecule has 0 aliphatic rings. The van der Waals surface area contributed by atoms with Crippen molar-refractivity contribution in [2.24, 2.45) is 0 Å². The van der Waals surface area contributed by atoms with E-state index in [0.717, 1.165) is 5.56 Å². The Labute approximate surface area is 88.5 Å². The van der Waals surface area contributed by atoms with Crippen molar-refractivity contribution in [2.75, 3.05) is 6.61 Å². The quantitative estimate of drug-likeness (QED) is 0.707. The zero-order valence-electron chi connectivity index (χ0n) is 8.27. The van der Waals surface area contributed by atoms with E-state index >= 15 is 0 Å². The number of carbonyl (C=O) groups excluding carboxylic acids is 1. The Morgan fingerprint density at radius 2 is 1.87 bits per heavy atom. The summed E-state index contributed by atoms with van der Waals surface area (Å²) in [5.41, 5.74) is 1.10. The van der Waals surface area contributed by atoms with Crippen molar-refractivity contribution in [1.29, 1.82) is 0 Å². The number of hydrogen-bond donors (Lipinski definition) is 0. The van der Waals surface area contributed by atoms with Gasteiger partial charge in [0.05, 0.1) is 6.61 Å². The van der Waals surface area contributed by atoms with Gasteiger partial charge < -0.3 is 4.74 Å². The van der Waals surface area contributed by atoms with Gasteiger partial charge in [0.25, 0.3) is 0 Å². The second kappa shape index (κ2) is 4.71. The first-order chi connectivity index (χ1) is 7.42. The van der Waals surface area contributed by atoms with Crippen molar-refractivity contribution >= 4 is 17.1 Å². The zero-order valence-corrected chi connectivity index (χ0v) is 8.27. The van der Waals surface area contributed by atoms with Crippen molar-refractivity contribution in [2.45, 2.75) is 6.61 Å². The Kier molecular flexibility index (Phi) is 3.10.